The Hall–Kier alpha value is -1.88. The molecule has 0 radical (unpaired) electrons. The molecule has 3 aliphatic heterocycles. The second-order valence-corrected chi connectivity index (χ2v) is 9.32. The minimum absolute atomic E-state index is 0.0784. The van der Waals surface area contributed by atoms with Crippen molar-refractivity contribution in [2.45, 2.75) is 71.0 Å². The van der Waals surface area contributed by atoms with Crippen LogP contribution in [0.5, 0.6) is 0 Å². The summed E-state index contributed by atoms with van der Waals surface area (Å²) in [6, 6.07) is 8.23. The summed E-state index contributed by atoms with van der Waals surface area (Å²) in [6.07, 6.45) is 5.89. The van der Waals surface area contributed by atoms with Crippen LogP contribution in [0.1, 0.15) is 56.6 Å². The summed E-state index contributed by atoms with van der Waals surface area (Å²) < 4.78 is 0. The lowest BCUT2D eigenvalue weighted by atomic mass is 9.98. The number of piperidine rings is 1. The SMILES string of the molecule is Cc1cccc(CN2CCCC2C(=O)N2CCCC2C(=O)N2CCC(C)CC2)c1. The smallest absolute Gasteiger partial charge is 0.245 e. The number of rotatable bonds is 4. The van der Waals surface area contributed by atoms with Gasteiger partial charge in [-0.3, -0.25) is 14.5 Å². The van der Waals surface area contributed by atoms with Crippen molar-refractivity contribution in [2.24, 2.45) is 5.92 Å². The van der Waals surface area contributed by atoms with Crippen molar-refractivity contribution in [3.8, 4) is 0 Å². The molecule has 0 spiro atoms. The predicted molar refractivity (Wildman–Crippen MR) is 114 cm³/mol. The first-order chi connectivity index (χ1) is 14.0. The van der Waals surface area contributed by atoms with Gasteiger partial charge in [-0.1, -0.05) is 36.8 Å². The molecule has 0 saturated carbocycles. The van der Waals surface area contributed by atoms with E-state index < -0.39 is 0 Å². The van der Waals surface area contributed by atoms with Crippen molar-refractivity contribution >= 4 is 11.8 Å². The first kappa shape index (κ1) is 20.4. The van der Waals surface area contributed by atoms with Crippen molar-refractivity contribution < 1.29 is 9.59 Å². The number of hydrogen-bond acceptors (Lipinski definition) is 3. The van der Waals surface area contributed by atoms with Crippen LogP contribution in [-0.4, -0.2) is 64.8 Å². The Morgan fingerprint density at radius 3 is 2.41 bits per heavy atom. The number of carbonyl (C=O) groups is 2. The third kappa shape index (κ3) is 4.50. The van der Waals surface area contributed by atoms with Crippen molar-refractivity contribution in [3.05, 3.63) is 35.4 Å². The van der Waals surface area contributed by atoms with Gasteiger partial charge in [-0.2, -0.15) is 0 Å². The van der Waals surface area contributed by atoms with Crippen molar-refractivity contribution in [2.75, 3.05) is 26.2 Å². The number of benzene rings is 1. The normalized spacial score (nSPS) is 26.3. The lowest BCUT2D eigenvalue weighted by Crippen LogP contribution is -2.53. The third-order valence-electron chi connectivity index (χ3n) is 7.03. The van der Waals surface area contributed by atoms with Crippen LogP contribution in [0.3, 0.4) is 0 Å². The first-order valence-electron chi connectivity index (χ1n) is 11.4. The topological polar surface area (TPSA) is 43.9 Å². The van der Waals surface area contributed by atoms with E-state index in [0.717, 1.165) is 71.2 Å². The Bertz CT molecular complexity index is 741. The van der Waals surface area contributed by atoms with E-state index in [1.54, 1.807) is 0 Å². The standard InChI is InChI=1S/C24H35N3O2/c1-18-10-14-25(15-11-18)23(28)22-9-5-13-27(22)24(29)21-8-4-12-26(21)17-20-7-3-6-19(2)16-20/h3,6-7,16,18,21-22H,4-5,8-15,17H2,1-2H3. The highest BCUT2D eigenvalue weighted by atomic mass is 16.2. The molecule has 3 fully saturated rings. The molecule has 5 heteroatoms. The monoisotopic (exact) mass is 397 g/mol. The van der Waals surface area contributed by atoms with E-state index in [4.69, 9.17) is 0 Å². The Morgan fingerprint density at radius 2 is 1.66 bits per heavy atom. The van der Waals surface area contributed by atoms with Crippen LogP contribution < -0.4 is 0 Å². The van der Waals surface area contributed by atoms with E-state index >= 15 is 0 Å². The fraction of sp³-hybridized carbons (Fsp3) is 0.667. The molecule has 29 heavy (non-hydrogen) atoms. The lowest BCUT2D eigenvalue weighted by molar-refractivity contribution is -0.147. The Labute approximate surface area is 175 Å². The van der Waals surface area contributed by atoms with Crippen molar-refractivity contribution in [1.29, 1.82) is 0 Å². The van der Waals surface area contributed by atoms with Gasteiger partial charge in [0.1, 0.15) is 6.04 Å². The molecule has 3 saturated heterocycles. The van der Waals surface area contributed by atoms with Gasteiger partial charge in [0.25, 0.3) is 0 Å². The second kappa shape index (κ2) is 8.86. The van der Waals surface area contributed by atoms with Gasteiger partial charge in [-0.05, 0) is 63.5 Å². The number of likely N-dealkylation sites (tertiary alicyclic amines) is 3. The Morgan fingerprint density at radius 1 is 0.931 bits per heavy atom. The molecule has 2 amide bonds. The molecule has 3 aliphatic rings. The summed E-state index contributed by atoms with van der Waals surface area (Å²) >= 11 is 0. The molecule has 4 rings (SSSR count). The first-order valence-corrected chi connectivity index (χ1v) is 11.4. The average Bonchev–Trinajstić information content (AvgIpc) is 3.37. The van der Waals surface area contributed by atoms with E-state index in [0.29, 0.717) is 5.92 Å². The minimum atomic E-state index is -0.239. The molecule has 0 bridgehead atoms. The third-order valence-corrected chi connectivity index (χ3v) is 7.03. The largest absolute Gasteiger partial charge is 0.341 e. The average molecular weight is 398 g/mol. The molecule has 1 aromatic carbocycles. The van der Waals surface area contributed by atoms with E-state index in [9.17, 15) is 9.59 Å². The van der Waals surface area contributed by atoms with Crippen LogP contribution in [0.4, 0.5) is 0 Å². The van der Waals surface area contributed by atoms with E-state index in [-0.39, 0.29) is 23.9 Å². The van der Waals surface area contributed by atoms with Gasteiger partial charge in [-0.15, -0.1) is 0 Å². The predicted octanol–water partition coefficient (Wildman–Crippen LogP) is 3.21. The molecule has 2 unspecified atom stereocenters. The van der Waals surface area contributed by atoms with Crippen LogP contribution in [0.2, 0.25) is 0 Å². The highest BCUT2D eigenvalue weighted by molar-refractivity contribution is 5.90. The summed E-state index contributed by atoms with van der Waals surface area (Å²) in [4.78, 5) is 32.9. The molecular weight excluding hydrogens is 362 g/mol. The van der Waals surface area contributed by atoms with E-state index in [1.807, 2.05) is 9.80 Å². The fourth-order valence-electron chi connectivity index (χ4n) is 5.26. The molecule has 2 atom stereocenters. The molecule has 158 valence electrons. The van der Waals surface area contributed by atoms with Gasteiger partial charge in [-0.25, -0.2) is 0 Å². The number of carbonyl (C=O) groups excluding carboxylic acids is 2. The van der Waals surface area contributed by atoms with Gasteiger partial charge in [0, 0.05) is 26.2 Å². The number of hydrogen-bond donors (Lipinski definition) is 0. The number of nitrogens with zero attached hydrogens (tertiary/aromatic N) is 3. The molecule has 1 aromatic rings. The maximum absolute atomic E-state index is 13.5. The maximum Gasteiger partial charge on any atom is 0.245 e. The van der Waals surface area contributed by atoms with Crippen molar-refractivity contribution in [3.63, 3.8) is 0 Å². The highest BCUT2D eigenvalue weighted by Gasteiger charge is 2.42. The summed E-state index contributed by atoms with van der Waals surface area (Å²) in [5.41, 5.74) is 2.52. The molecular formula is C24H35N3O2. The van der Waals surface area contributed by atoms with Gasteiger partial charge in [0.2, 0.25) is 11.8 Å². The van der Waals surface area contributed by atoms with Crippen LogP contribution in [-0.2, 0) is 16.1 Å². The molecule has 0 N–H and O–H groups in total. The zero-order valence-electron chi connectivity index (χ0n) is 18.0. The van der Waals surface area contributed by atoms with Crippen LogP contribution in [0.25, 0.3) is 0 Å². The summed E-state index contributed by atoms with van der Waals surface area (Å²) in [6.45, 7) is 8.57. The minimum Gasteiger partial charge on any atom is -0.341 e. The molecule has 5 nitrogen and oxygen atoms in total. The van der Waals surface area contributed by atoms with Crippen molar-refractivity contribution in [1.82, 2.24) is 14.7 Å². The summed E-state index contributed by atoms with van der Waals surface area (Å²) in [5.74, 6) is 1.07. The molecule has 0 aliphatic carbocycles. The van der Waals surface area contributed by atoms with E-state index in [1.165, 1.54) is 11.1 Å². The van der Waals surface area contributed by atoms with Crippen LogP contribution in [0, 0.1) is 12.8 Å². The Kier molecular flexibility index (Phi) is 6.23. The second-order valence-electron chi connectivity index (χ2n) is 9.32. The quantitative estimate of drug-likeness (QED) is 0.784. The molecule has 3 heterocycles. The van der Waals surface area contributed by atoms with Gasteiger partial charge >= 0.3 is 0 Å². The maximum atomic E-state index is 13.5. The zero-order chi connectivity index (χ0) is 20.4. The highest BCUT2D eigenvalue weighted by Crippen LogP contribution is 2.28. The summed E-state index contributed by atoms with van der Waals surface area (Å²) in [7, 11) is 0. The molecule has 0 aromatic heterocycles. The van der Waals surface area contributed by atoms with Crippen LogP contribution >= 0.6 is 0 Å². The van der Waals surface area contributed by atoms with Crippen LogP contribution in [0.15, 0.2) is 24.3 Å². The summed E-state index contributed by atoms with van der Waals surface area (Å²) in [5, 5.41) is 0. The fourth-order valence-corrected chi connectivity index (χ4v) is 5.26. The Balaban J connectivity index is 1.42. The van der Waals surface area contributed by atoms with Gasteiger partial charge in [0.05, 0.1) is 6.04 Å². The van der Waals surface area contributed by atoms with Gasteiger partial charge < -0.3 is 9.80 Å². The number of amides is 2. The lowest BCUT2D eigenvalue weighted by Gasteiger charge is -2.36. The van der Waals surface area contributed by atoms with E-state index in [2.05, 4.69) is 43.0 Å². The van der Waals surface area contributed by atoms with Gasteiger partial charge in [0.15, 0.2) is 0 Å². The zero-order valence-corrected chi connectivity index (χ0v) is 18.0. The number of aryl methyl sites for hydroxylation is 1.